The first kappa shape index (κ1) is 14.2. The van der Waals surface area contributed by atoms with E-state index in [1.807, 2.05) is 0 Å². The van der Waals surface area contributed by atoms with Crippen LogP contribution in [0.15, 0.2) is 24.3 Å². The van der Waals surface area contributed by atoms with Crippen molar-refractivity contribution in [2.45, 2.75) is 44.4 Å². The van der Waals surface area contributed by atoms with Crippen molar-refractivity contribution in [3.63, 3.8) is 0 Å². The van der Waals surface area contributed by atoms with Gasteiger partial charge in [0.1, 0.15) is 5.82 Å². The number of halogens is 1. The topological polar surface area (TPSA) is 46.2 Å². The second-order valence-corrected chi connectivity index (χ2v) is 6.21. The van der Waals surface area contributed by atoms with Gasteiger partial charge in [0.05, 0.1) is 5.92 Å². The van der Waals surface area contributed by atoms with E-state index in [0.717, 1.165) is 18.4 Å². The molecule has 1 saturated carbocycles. The van der Waals surface area contributed by atoms with Crippen LogP contribution in [-0.2, 0) is 9.59 Å². The van der Waals surface area contributed by atoms with E-state index < -0.39 is 0 Å². The molecule has 2 atom stereocenters. The number of benzene rings is 1. The van der Waals surface area contributed by atoms with Crippen LogP contribution < -0.4 is 5.32 Å². The van der Waals surface area contributed by atoms with Crippen LogP contribution in [0.25, 0.3) is 0 Å². The maximum atomic E-state index is 13.1. The Labute approximate surface area is 123 Å². The zero-order chi connectivity index (χ0) is 14.8. The van der Waals surface area contributed by atoms with Crippen LogP contribution in [0.2, 0.25) is 0 Å². The summed E-state index contributed by atoms with van der Waals surface area (Å²) in [7, 11) is 0. The Bertz CT molecular complexity index is 534. The number of nitrogens with one attached hydrogen (secondary N) is 1. The zero-order valence-electron chi connectivity index (χ0n) is 12.0. The minimum Gasteiger partial charge on any atom is -0.296 e. The number of rotatable bonds is 2. The molecule has 21 heavy (non-hydrogen) atoms. The number of piperidine rings is 1. The van der Waals surface area contributed by atoms with Gasteiger partial charge in [-0.3, -0.25) is 14.9 Å². The van der Waals surface area contributed by atoms with Gasteiger partial charge in [0.25, 0.3) is 0 Å². The molecule has 0 spiro atoms. The van der Waals surface area contributed by atoms with Crippen molar-refractivity contribution < 1.29 is 14.0 Å². The van der Waals surface area contributed by atoms with Gasteiger partial charge in [-0.1, -0.05) is 44.2 Å². The molecule has 0 aromatic heterocycles. The molecule has 4 heteroatoms. The van der Waals surface area contributed by atoms with Crippen molar-refractivity contribution in [3.05, 3.63) is 35.6 Å². The summed E-state index contributed by atoms with van der Waals surface area (Å²) in [5.41, 5.74) is 0.817. The minimum atomic E-state index is -0.327. The van der Waals surface area contributed by atoms with E-state index in [1.54, 1.807) is 12.1 Å². The van der Waals surface area contributed by atoms with E-state index in [2.05, 4.69) is 5.32 Å². The minimum absolute atomic E-state index is 0.0528. The molecule has 0 radical (unpaired) electrons. The van der Waals surface area contributed by atoms with Crippen LogP contribution in [0.1, 0.15) is 50.0 Å². The van der Waals surface area contributed by atoms with Gasteiger partial charge in [-0.25, -0.2) is 4.39 Å². The van der Waals surface area contributed by atoms with Gasteiger partial charge < -0.3 is 0 Å². The fraction of sp³-hybridized carbons (Fsp3) is 0.529. The normalized spacial score (nSPS) is 27.5. The molecule has 1 aromatic carbocycles. The lowest BCUT2D eigenvalue weighted by Gasteiger charge is -2.37. The number of hydrogen-bond acceptors (Lipinski definition) is 2. The summed E-state index contributed by atoms with van der Waals surface area (Å²) >= 11 is 0. The van der Waals surface area contributed by atoms with E-state index in [-0.39, 0.29) is 29.5 Å². The summed E-state index contributed by atoms with van der Waals surface area (Å²) in [6.07, 6.45) is 6.16. The second kappa shape index (κ2) is 5.96. The Hall–Kier alpha value is -1.71. The van der Waals surface area contributed by atoms with Crippen LogP contribution in [-0.4, -0.2) is 11.8 Å². The van der Waals surface area contributed by atoms with E-state index in [4.69, 9.17) is 0 Å². The molecule has 2 amide bonds. The standard InChI is InChI=1S/C17H20FNO2/c18-13-8-6-12(7-9-13)16-14(10-15(20)19-17(16)21)11-4-2-1-3-5-11/h6-9,11,14,16H,1-5,10H2,(H,19,20,21). The predicted molar refractivity (Wildman–Crippen MR) is 77.0 cm³/mol. The van der Waals surface area contributed by atoms with E-state index in [1.165, 1.54) is 31.4 Å². The molecule has 2 unspecified atom stereocenters. The fourth-order valence-electron chi connectivity index (χ4n) is 3.86. The summed E-state index contributed by atoms with van der Waals surface area (Å²) in [5, 5.41) is 2.44. The highest BCUT2D eigenvalue weighted by Gasteiger charge is 2.41. The molecule has 1 aliphatic carbocycles. The Morgan fingerprint density at radius 2 is 1.67 bits per heavy atom. The molecule has 1 N–H and O–H groups in total. The van der Waals surface area contributed by atoms with Crippen molar-refractivity contribution in [1.29, 1.82) is 0 Å². The van der Waals surface area contributed by atoms with Gasteiger partial charge in [-0.05, 0) is 29.5 Å². The largest absolute Gasteiger partial charge is 0.296 e. The highest BCUT2D eigenvalue weighted by Crippen LogP contribution is 2.41. The van der Waals surface area contributed by atoms with Crippen molar-refractivity contribution in [1.82, 2.24) is 5.32 Å². The summed E-state index contributed by atoms with van der Waals surface area (Å²) in [6, 6.07) is 6.12. The SMILES string of the molecule is O=C1CC(C2CCCCC2)C(c2ccc(F)cc2)C(=O)N1. The Morgan fingerprint density at radius 3 is 2.33 bits per heavy atom. The molecule has 1 saturated heterocycles. The third-order valence-corrected chi connectivity index (χ3v) is 4.88. The summed E-state index contributed by atoms with van der Waals surface area (Å²) in [6.45, 7) is 0. The van der Waals surface area contributed by atoms with Crippen LogP contribution in [0.5, 0.6) is 0 Å². The molecule has 1 aliphatic heterocycles. The average Bonchev–Trinajstić information content (AvgIpc) is 2.49. The Morgan fingerprint density at radius 1 is 1.00 bits per heavy atom. The number of hydrogen-bond donors (Lipinski definition) is 1. The summed E-state index contributed by atoms with van der Waals surface area (Å²) < 4.78 is 13.1. The van der Waals surface area contributed by atoms with Crippen molar-refractivity contribution in [2.75, 3.05) is 0 Å². The highest BCUT2D eigenvalue weighted by atomic mass is 19.1. The molecular formula is C17H20FNO2. The van der Waals surface area contributed by atoms with Crippen LogP contribution in [0, 0.1) is 17.7 Å². The maximum absolute atomic E-state index is 13.1. The second-order valence-electron chi connectivity index (χ2n) is 6.21. The molecule has 1 heterocycles. The van der Waals surface area contributed by atoms with Gasteiger partial charge in [0.15, 0.2) is 0 Å². The van der Waals surface area contributed by atoms with Crippen molar-refractivity contribution in [2.24, 2.45) is 11.8 Å². The average molecular weight is 289 g/mol. The Balaban J connectivity index is 1.90. The molecular weight excluding hydrogens is 269 g/mol. The van der Waals surface area contributed by atoms with Crippen LogP contribution in [0.4, 0.5) is 4.39 Å². The molecule has 2 fully saturated rings. The first-order valence-electron chi connectivity index (χ1n) is 7.74. The Kier molecular flexibility index (Phi) is 4.04. The maximum Gasteiger partial charge on any atom is 0.234 e. The number of carbonyl (C=O) groups is 2. The molecule has 112 valence electrons. The molecule has 3 rings (SSSR count). The van der Waals surface area contributed by atoms with Crippen LogP contribution in [0.3, 0.4) is 0 Å². The third kappa shape index (κ3) is 2.99. The number of imide groups is 1. The quantitative estimate of drug-likeness (QED) is 0.850. The lowest BCUT2D eigenvalue weighted by atomic mass is 9.69. The lowest BCUT2D eigenvalue weighted by Crippen LogP contribution is -2.46. The molecule has 3 nitrogen and oxygen atoms in total. The fourth-order valence-corrected chi connectivity index (χ4v) is 3.86. The molecule has 0 bridgehead atoms. The lowest BCUT2D eigenvalue weighted by molar-refractivity contribution is -0.137. The number of amides is 2. The first-order valence-corrected chi connectivity index (χ1v) is 7.74. The van der Waals surface area contributed by atoms with Crippen LogP contribution >= 0.6 is 0 Å². The first-order chi connectivity index (χ1) is 10.1. The van der Waals surface area contributed by atoms with Gasteiger partial charge in [-0.2, -0.15) is 0 Å². The zero-order valence-corrected chi connectivity index (χ0v) is 12.0. The third-order valence-electron chi connectivity index (χ3n) is 4.88. The monoisotopic (exact) mass is 289 g/mol. The van der Waals surface area contributed by atoms with Gasteiger partial charge >= 0.3 is 0 Å². The van der Waals surface area contributed by atoms with Crippen molar-refractivity contribution in [3.8, 4) is 0 Å². The highest BCUT2D eigenvalue weighted by molar-refractivity contribution is 6.01. The van der Waals surface area contributed by atoms with E-state index in [0.29, 0.717) is 12.3 Å². The number of carbonyl (C=O) groups excluding carboxylic acids is 2. The van der Waals surface area contributed by atoms with Gasteiger partial charge in [-0.15, -0.1) is 0 Å². The van der Waals surface area contributed by atoms with E-state index >= 15 is 0 Å². The van der Waals surface area contributed by atoms with Crippen molar-refractivity contribution >= 4 is 11.8 Å². The van der Waals surface area contributed by atoms with E-state index in [9.17, 15) is 14.0 Å². The summed E-state index contributed by atoms with van der Waals surface area (Å²) in [5.74, 6) is -0.560. The predicted octanol–water partition coefficient (Wildman–Crippen LogP) is 3.15. The molecule has 2 aliphatic rings. The van der Waals surface area contributed by atoms with Gasteiger partial charge in [0, 0.05) is 6.42 Å². The smallest absolute Gasteiger partial charge is 0.234 e. The van der Waals surface area contributed by atoms with Gasteiger partial charge in [0.2, 0.25) is 11.8 Å². The molecule has 1 aromatic rings. The summed E-state index contributed by atoms with van der Waals surface area (Å²) in [4.78, 5) is 24.1.